The highest BCUT2D eigenvalue weighted by atomic mass is 35.5. The molecule has 0 aliphatic carbocycles. The van der Waals surface area contributed by atoms with Gasteiger partial charge in [-0.25, -0.2) is 0 Å². The van der Waals surface area contributed by atoms with E-state index in [0.29, 0.717) is 30.5 Å². The highest BCUT2D eigenvalue weighted by molar-refractivity contribution is 6.30. The number of carbonyl (C=O) groups is 2. The van der Waals surface area contributed by atoms with Crippen molar-refractivity contribution in [2.75, 3.05) is 57.1 Å². The van der Waals surface area contributed by atoms with Crippen LogP contribution in [0, 0.1) is 0 Å². The first kappa shape index (κ1) is 27.4. The van der Waals surface area contributed by atoms with E-state index < -0.39 is 0 Å². The van der Waals surface area contributed by atoms with Crippen LogP contribution in [0.5, 0.6) is 5.75 Å². The number of rotatable bonds is 9. The smallest absolute Gasteiger partial charge is 0.242 e. The first-order valence-electron chi connectivity index (χ1n) is 12.6. The van der Waals surface area contributed by atoms with Crippen LogP contribution in [0.2, 0.25) is 5.02 Å². The summed E-state index contributed by atoms with van der Waals surface area (Å²) in [6.45, 7) is 5.15. The second kappa shape index (κ2) is 12.8. The number of phenols is 1. The number of hydrogen-bond acceptors (Lipinski definition) is 6. The molecule has 1 aliphatic heterocycles. The fourth-order valence-corrected chi connectivity index (χ4v) is 4.62. The number of aromatic hydroxyl groups is 1. The molecule has 2 amide bonds. The van der Waals surface area contributed by atoms with E-state index in [1.165, 1.54) is 13.0 Å². The average molecular weight is 537 g/mol. The molecule has 3 aromatic carbocycles. The van der Waals surface area contributed by atoms with Crippen molar-refractivity contribution in [3.8, 4) is 16.9 Å². The zero-order chi connectivity index (χ0) is 27.1. The molecule has 4 rings (SSSR count). The fraction of sp³-hybridized carbons (Fsp3) is 0.310. The third-order valence-corrected chi connectivity index (χ3v) is 6.85. The minimum absolute atomic E-state index is 0.0166. The van der Waals surface area contributed by atoms with Crippen LogP contribution >= 0.6 is 11.6 Å². The van der Waals surface area contributed by atoms with E-state index in [9.17, 15) is 14.7 Å². The van der Waals surface area contributed by atoms with Gasteiger partial charge in [-0.2, -0.15) is 0 Å². The number of likely N-dealkylation sites (N-methyl/N-ethyl adjacent to an activating group) is 1. The summed E-state index contributed by atoms with van der Waals surface area (Å²) in [4.78, 5) is 28.6. The first-order valence-corrected chi connectivity index (χ1v) is 12.9. The fourth-order valence-electron chi connectivity index (χ4n) is 4.45. The van der Waals surface area contributed by atoms with Crippen molar-refractivity contribution in [1.82, 2.24) is 9.80 Å². The van der Waals surface area contributed by atoms with E-state index in [0.717, 1.165) is 35.5 Å². The van der Waals surface area contributed by atoms with Crippen molar-refractivity contribution in [1.29, 1.82) is 0 Å². The Morgan fingerprint density at radius 1 is 1.03 bits per heavy atom. The normalized spacial score (nSPS) is 14.5. The maximum absolute atomic E-state index is 13.2. The van der Waals surface area contributed by atoms with E-state index in [4.69, 9.17) is 16.3 Å². The Hall–Kier alpha value is -3.59. The van der Waals surface area contributed by atoms with Gasteiger partial charge in [-0.15, -0.1) is 0 Å². The van der Waals surface area contributed by atoms with Gasteiger partial charge < -0.3 is 25.4 Å². The average Bonchev–Trinajstić information content (AvgIpc) is 2.92. The van der Waals surface area contributed by atoms with Crippen LogP contribution in [0.1, 0.15) is 18.5 Å². The molecule has 1 saturated heterocycles. The van der Waals surface area contributed by atoms with Gasteiger partial charge in [-0.3, -0.25) is 14.5 Å². The lowest BCUT2D eigenvalue weighted by molar-refractivity contribution is -0.130. The molecule has 1 fully saturated rings. The molecule has 0 spiro atoms. The first-order chi connectivity index (χ1) is 18.3. The summed E-state index contributed by atoms with van der Waals surface area (Å²) < 4.78 is 5.51. The van der Waals surface area contributed by atoms with E-state index in [1.54, 1.807) is 17.0 Å². The van der Waals surface area contributed by atoms with Gasteiger partial charge in [0.15, 0.2) is 0 Å². The zero-order valence-corrected chi connectivity index (χ0v) is 22.4. The third kappa shape index (κ3) is 7.25. The lowest BCUT2D eigenvalue weighted by Crippen LogP contribution is -2.44. The molecular weight excluding hydrogens is 504 g/mol. The van der Waals surface area contributed by atoms with Crippen molar-refractivity contribution in [2.24, 2.45) is 0 Å². The minimum atomic E-state index is -0.174. The Balaban J connectivity index is 1.50. The van der Waals surface area contributed by atoms with E-state index in [1.807, 2.05) is 31.3 Å². The molecule has 1 atom stereocenters. The maximum atomic E-state index is 13.2. The number of anilines is 2. The van der Waals surface area contributed by atoms with E-state index in [-0.39, 0.29) is 30.2 Å². The Morgan fingerprint density at radius 3 is 2.29 bits per heavy atom. The molecule has 9 heteroatoms. The Kier molecular flexibility index (Phi) is 9.23. The number of morpholine rings is 1. The number of carbonyl (C=O) groups excluding carboxylic acids is 2. The van der Waals surface area contributed by atoms with Gasteiger partial charge in [0, 0.05) is 44.3 Å². The standard InChI is InChI=1S/C29H33ClN4O4/c1-20(35)32-25-10-7-22(8-11-25)21-3-5-23(6-4-21)27(19-34-13-15-38-16-14-34)33(2)29(37)18-31-26-17-24(30)9-12-28(26)36/h3-12,17,27,31,36H,13-16,18-19H2,1-2H3,(H,32,35). The van der Waals surface area contributed by atoms with Gasteiger partial charge in [-0.1, -0.05) is 48.0 Å². The van der Waals surface area contributed by atoms with Crippen LogP contribution in [0.15, 0.2) is 66.7 Å². The Morgan fingerprint density at radius 2 is 1.66 bits per heavy atom. The molecule has 0 aromatic heterocycles. The van der Waals surface area contributed by atoms with Gasteiger partial charge in [0.05, 0.1) is 31.5 Å². The predicted octanol–water partition coefficient (Wildman–Crippen LogP) is 4.61. The Labute approximate surface area is 228 Å². The highest BCUT2D eigenvalue weighted by Crippen LogP contribution is 2.28. The number of nitrogens with one attached hydrogen (secondary N) is 2. The highest BCUT2D eigenvalue weighted by Gasteiger charge is 2.25. The second-order valence-corrected chi connectivity index (χ2v) is 9.77. The largest absolute Gasteiger partial charge is 0.506 e. The van der Waals surface area contributed by atoms with Crippen LogP contribution in [-0.2, 0) is 14.3 Å². The number of benzene rings is 3. The van der Waals surface area contributed by atoms with Gasteiger partial charge in [0.1, 0.15) is 5.75 Å². The molecule has 3 N–H and O–H groups in total. The van der Waals surface area contributed by atoms with Crippen molar-refractivity contribution in [3.63, 3.8) is 0 Å². The molecule has 8 nitrogen and oxygen atoms in total. The summed E-state index contributed by atoms with van der Waals surface area (Å²) >= 11 is 6.04. The maximum Gasteiger partial charge on any atom is 0.242 e. The number of hydrogen-bond donors (Lipinski definition) is 3. The molecule has 3 aromatic rings. The molecule has 200 valence electrons. The topological polar surface area (TPSA) is 94.1 Å². The molecule has 0 saturated carbocycles. The quantitative estimate of drug-likeness (QED) is 0.346. The van der Waals surface area contributed by atoms with Gasteiger partial charge >= 0.3 is 0 Å². The van der Waals surface area contributed by atoms with Crippen LogP contribution in [-0.4, -0.2) is 73.2 Å². The van der Waals surface area contributed by atoms with Gasteiger partial charge in [0.2, 0.25) is 11.8 Å². The van der Waals surface area contributed by atoms with E-state index >= 15 is 0 Å². The molecule has 0 bridgehead atoms. The summed E-state index contributed by atoms with van der Waals surface area (Å²) in [5.41, 5.74) is 4.27. The van der Waals surface area contributed by atoms with E-state index in [2.05, 4.69) is 39.8 Å². The summed E-state index contributed by atoms with van der Waals surface area (Å²) in [5, 5.41) is 16.3. The molecular formula is C29H33ClN4O4. The van der Waals surface area contributed by atoms with Gasteiger partial charge in [0.25, 0.3) is 0 Å². The number of amides is 2. The molecule has 0 radical (unpaired) electrons. The van der Waals surface area contributed by atoms with Crippen LogP contribution in [0.25, 0.3) is 11.1 Å². The number of phenolic OH excluding ortho intramolecular Hbond substituents is 1. The number of nitrogens with zero attached hydrogens (tertiary/aromatic N) is 2. The van der Waals surface area contributed by atoms with Crippen molar-refractivity contribution < 1.29 is 19.4 Å². The summed E-state index contributed by atoms with van der Waals surface area (Å²) in [6, 6.07) is 20.4. The van der Waals surface area contributed by atoms with Gasteiger partial charge in [-0.05, 0) is 47.0 Å². The zero-order valence-electron chi connectivity index (χ0n) is 21.6. The number of halogens is 1. The summed E-state index contributed by atoms with van der Waals surface area (Å²) in [7, 11) is 1.81. The van der Waals surface area contributed by atoms with Crippen molar-refractivity contribution in [3.05, 3.63) is 77.3 Å². The summed E-state index contributed by atoms with van der Waals surface area (Å²) in [6.07, 6.45) is 0. The Bertz CT molecular complexity index is 1240. The lowest BCUT2D eigenvalue weighted by Gasteiger charge is -2.35. The SMILES string of the molecule is CC(=O)Nc1ccc(-c2ccc(C(CN3CCOCC3)N(C)C(=O)CNc3cc(Cl)ccc3O)cc2)cc1. The molecule has 1 heterocycles. The van der Waals surface area contributed by atoms with Crippen LogP contribution in [0.3, 0.4) is 0 Å². The minimum Gasteiger partial charge on any atom is -0.506 e. The molecule has 38 heavy (non-hydrogen) atoms. The number of ether oxygens (including phenoxy) is 1. The lowest BCUT2D eigenvalue weighted by atomic mass is 9.99. The summed E-state index contributed by atoms with van der Waals surface area (Å²) in [5.74, 6) is -0.178. The van der Waals surface area contributed by atoms with Crippen molar-refractivity contribution >= 4 is 34.8 Å². The van der Waals surface area contributed by atoms with Crippen molar-refractivity contribution in [2.45, 2.75) is 13.0 Å². The third-order valence-electron chi connectivity index (χ3n) is 6.62. The van der Waals surface area contributed by atoms with Crippen LogP contribution in [0.4, 0.5) is 11.4 Å². The molecule has 1 aliphatic rings. The second-order valence-electron chi connectivity index (χ2n) is 9.33. The monoisotopic (exact) mass is 536 g/mol. The van der Waals surface area contributed by atoms with Crippen LogP contribution < -0.4 is 10.6 Å². The molecule has 1 unspecified atom stereocenters. The predicted molar refractivity (Wildman–Crippen MR) is 151 cm³/mol.